The summed E-state index contributed by atoms with van der Waals surface area (Å²) in [6.45, 7) is 3.42. The standard InChI is InChI=1S/C18H21N3O7Se/c1-10(22)25-9-14-16(26-11(2)23)17(27-12(3)24)15(20-21-19)18(28-14)29-13-7-5-4-6-8-13/h4-8,14-18H,9H2,1-3H3/t14-,15-,16+,17-,18+/m1/s1. The second-order valence-electron chi connectivity index (χ2n) is 6.12. The van der Waals surface area contributed by atoms with Gasteiger partial charge in [-0.25, -0.2) is 0 Å². The summed E-state index contributed by atoms with van der Waals surface area (Å²) in [5, 5.41) is 3.14. The first-order valence-electron chi connectivity index (χ1n) is 8.71. The molecule has 156 valence electrons. The van der Waals surface area contributed by atoms with E-state index in [2.05, 4.69) is 10.0 Å². The van der Waals surface area contributed by atoms with E-state index in [1.165, 1.54) is 20.8 Å². The van der Waals surface area contributed by atoms with Gasteiger partial charge >= 0.3 is 173 Å². The van der Waals surface area contributed by atoms with Gasteiger partial charge in [-0.05, 0) is 0 Å². The van der Waals surface area contributed by atoms with E-state index in [-0.39, 0.29) is 21.6 Å². The molecule has 5 atom stereocenters. The van der Waals surface area contributed by atoms with Gasteiger partial charge in [0.15, 0.2) is 0 Å². The van der Waals surface area contributed by atoms with Crippen LogP contribution in [-0.2, 0) is 33.3 Å². The summed E-state index contributed by atoms with van der Waals surface area (Å²) in [5.74, 6) is -1.82. The average Bonchev–Trinajstić information content (AvgIpc) is 2.65. The predicted octanol–water partition coefficient (Wildman–Crippen LogP) is 0.846. The first-order valence-corrected chi connectivity index (χ1v) is 10.6. The third-order valence-corrected chi connectivity index (χ3v) is 6.30. The zero-order valence-corrected chi connectivity index (χ0v) is 17.8. The fourth-order valence-electron chi connectivity index (χ4n) is 2.80. The first-order chi connectivity index (χ1) is 13.8. The van der Waals surface area contributed by atoms with Crippen LogP contribution in [0.2, 0.25) is 0 Å². The van der Waals surface area contributed by atoms with Gasteiger partial charge in [0.25, 0.3) is 0 Å². The third kappa shape index (κ3) is 6.76. The second kappa shape index (κ2) is 10.8. The molecular weight excluding hydrogens is 449 g/mol. The minimum absolute atomic E-state index is 0.213. The van der Waals surface area contributed by atoms with Crippen LogP contribution in [0.25, 0.3) is 10.4 Å². The molecule has 0 bridgehead atoms. The van der Waals surface area contributed by atoms with Crippen molar-refractivity contribution in [3.8, 4) is 0 Å². The molecule has 0 N–H and O–H groups in total. The summed E-state index contributed by atoms with van der Waals surface area (Å²) in [6.07, 6.45) is -3.08. The molecule has 1 aliphatic heterocycles. The average molecular weight is 470 g/mol. The van der Waals surface area contributed by atoms with Crippen LogP contribution in [0.4, 0.5) is 0 Å². The van der Waals surface area contributed by atoms with Crippen molar-refractivity contribution in [3.05, 3.63) is 40.8 Å². The Kier molecular flexibility index (Phi) is 8.48. The molecule has 0 amide bonds. The van der Waals surface area contributed by atoms with E-state index in [1.807, 2.05) is 30.3 Å². The number of esters is 3. The summed E-state index contributed by atoms with van der Waals surface area (Å²) in [5.41, 5.74) is 9.06. The van der Waals surface area contributed by atoms with Crippen molar-refractivity contribution in [3.63, 3.8) is 0 Å². The van der Waals surface area contributed by atoms with Crippen LogP contribution < -0.4 is 4.46 Å². The molecule has 1 aliphatic rings. The van der Waals surface area contributed by atoms with Crippen molar-refractivity contribution >= 4 is 37.3 Å². The van der Waals surface area contributed by atoms with Crippen molar-refractivity contribution < 1.29 is 33.3 Å². The zero-order chi connectivity index (χ0) is 21.4. The van der Waals surface area contributed by atoms with Gasteiger partial charge < -0.3 is 0 Å². The van der Waals surface area contributed by atoms with Crippen molar-refractivity contribution in [2.45, 2.75) is 50.1 Å². The van der Waals surface area contributed by atoms with Crippen molar-refractivity contribution in [2.24, 2.45) is 5.11 Å². The summed E-state index contributed by atoms with van der Waals surface area (Å²) >= 11 is -0.339. The molecule has 1 fully saturated rings. The van der Waals surface area contributed by atoms with Gasteiger partial charge in [-0.15, -0.1) is 0 Å². The maximum absolute atomic E-state index is 11.7. The Morgan fingerprint density at radius 3 is 2.24 bits per heavy atom. The number of azide groups is 1. The van der Waals surface area contributed by atoms with Crippen LogP contribution >= 0.6 is 0 Å². The molecule has 1 aromatic rings. The molecule has 0 radical (unpaired) electrons. The molecule has 10 nitrogen and oxygen atoms in total. The van der Waals surface area contributed by atoms with Gasteiger partial charge in [0.1, 0.15) is 0 Å². The van der Waals surface area contributed by atoms with Crippen molar-refractivity contribution in [1.82, 2.24) is 0 Å². The van der Waals surface area contributed by atoms with E-state index in [1.54, 1.807) is 0 Å². The summed E-state index contributed by atoms with van der Waals surface area (Å²) in [7, 11) is 0. The Balaban J connectivity index is 2.41. The molecule has 0 aromatic heterocycles. The Hall–Kier alpha value is -2.58. The zero-order valence-electron chi connectivity index (χ0n) is 16.1. The van der Waals surface area contributed by atoms with Crippen LogP contribution in [0.1, 0.15) is 20.8 Å². The molecule has 29 heavy (non-hydrogen) atoms. The van der Waals surface area contributed by atoms with E-state index < -0.39 is 47.3 Å². The van der Waals surface area contributed by atoms with Gasteiger partial charge in [0.2, 0.25) is 0 Å². The van der Waals surface area contributed by atoms with Crippen LogP contribution in [0.3, 0.4) is 0 Å². The minimum atomic E-state index is -1.10. The Morgan fingerprint density at radius 2 is 1.69 bits per heavy atom. The van der Waals surface area contributed by atoms with Gasteiger partial charge in [-0.1, -0.05) is 0 Å². The normalized spacial score (nSPS) is 26.0. The predicted molar refractivity (Wildman–Crippen MR) is 101 cm³/mol. The summed E-state index contributed by atoms with van der Waals surface area (Å²) < 4.78 is 22.8. The van der Waals surface area contributed by atoms with Crippen LogP contribution in [0.15, 0.2) is 35.4 Å². The molecule has 0 unspecified atom stereocenters. The van der Waals surface area contributed by atoms with Gasteiger partial charge in [-0.2, -0.15) is 0 Å². The van der Waals surface area contributed by atoms with Crippen LogP contribution in [-0.4, -0.2) is 68.8 Å². The second-order valence-corrected chi connectivity index (χ2v) is 8.58. The molecular formula is C18H21N3O7Se. The molecule has 0 spiro atoms. The molecule has 1 saturated heterocycles. The number of benzene rings is 1. The molecule has 1 heterocycles. The number of ether oxygens (including phenoxy) is 4. The topological polar surface area (TPSA) is 137 Å². The van der Waals surface area contributed by atoms with Gasteiger partial charge in [0.05, 0.1) is 0 Å². The molecule has 1 aromatic carbocycles. The number of hydrogen-bond donors (Lipinski definition) is 0. The fourth-order valence-corrected chi connectivity index (χ4v) is 5.17. The molecule has 0 aliphatic carbocycles. The molecule has 0 saturated carbocycles. The quantitative estimate of drug-likeness (QED) is 0.144. The van der Waals surface area contributed by atoms with E-state index in [9.17, 15) is 14.4 Å². The van der Waals surface area contributed by atoms with E-state index in [0.717, 1.165) is 4.46 Å². The van der Waals surface area contributed by atoms with Crippen LogP contribution in [0, 0.1) is 0 Å². The van der Waals surface area contributed by atoms with E-state index >= 15 is 0 Å². The van der Waals surface area contributed by atoms with Crippen molar-refractivity contribution in [1.29, 1.82) is 0 Å². The van der Waals surface area contributed by atoms with E-state index in [4.69, 9.17) is 24.5 Å². The van der Waals surface area contributed by atoms with Gasteiger partial charge in [-0.3, -0.25) is 0 Å². The van der Waals surface area contributed by atoms with Crippen molar-refractivity contribution in [2.75, 3.05) is 6.61 Å². The summed E-state index contributed by atoms with van der Waals surface area (Å²) in [4.78, 5) is 37.5. The number of hydrogen-bond acceptors (Lipinski definition) is 8. The molecule has 2 rings (SSSR count). The monoisotopic (exact) mass is 471 g/mol. The van der Waals surface area contributed by atoms with Gasteiger partial charge in [0, 0.05) is 0 Å². The number of carbonyl (C=O) groups excluding carboxylic acids is 3. The number of nitrogens with zero attached hydrogens (tertiary/aromatic N) is 3. The Morgan fingerprint density at radius 1 is 1.07 bits per heavy atom. The summed E-state index contributed by atoms with van der Waals surface area (Å²) in [6, 6.07) is 8.47. The van der Waals surface area contributed by atoms with Crippen LogP contribution in [0.5, 0.6) is 0 Å². The third-order valence-electron chi connectivity index (χ3n) is 3.85. The van der Waals surface area contributed by atoms with E-state index in [0.29, 0.717) is 0 Å². The Labute approximate surface area is 173 Å². The fraction of sp³-hybridized carbons (Fsp3) is 0.500. The maximum atomic E-state index is 11.7. The SMILES string of the molecule is CC(=O)OC[C@H]1O[C@@H]([Se]c2ccccc2)[C@H](N=[N+]=[N-])[C@@H](OC(C)=O)[C@H]1OC(C)=O. The Bertz CT molecular complexity index is 785. The molecule has 11 heteroatoms. The number of rotatable bonds is 7. The number of carbonyl (C=O) groups is 3. The first kappa shape index (κ1) is 22.7.